The van der Waals surface area contributed by atoms with Gasteiger partial charge in [-0.15, -0.1) is 0 Å². The van der Waals surface area contributed by atoms with E-state index >= 15 is 0 Å². The van der Waals surface area contributed by atoms with E-state index in [0.29, 0.717) is 6.04 Å². The Kier molecular flexibility index (Phi) is 4.00. The van der Waals surface area contributed by atoms with Crippen LogP contribution in [0.5, 0.6) is 0 Å². The van der Waals surface area contributed by atoms with Gasteiger partial charge in [-0.1, -0.05) is 18.9 Å². The molecule has 3 heteroatoms. The zero-order chi connectivity index (χ0) is 12.3. The summed E-state index contributed by atoms with van der Waals surface area (Å²) in [5, 5.41) is 0. The van der Waals surface area contributed by atoms with Gasteiger partial charge >= 0.3 is 0 Å². The van der Waals surface area contributed by atoms with E-state index < -0.39 is 0 Å². The third-order valence-electron chi connectivity index (χ3n) is 3.70. The van der Waals surface area contributed by atoms with Gasteiger partial charge in [-0.05, 0) is 38.3 Å². The number of pyridine rings is 1. The summed E-state index contributed by atoms with van der Waals surface area (Å²) in [6, 6.07) is 4.97. The van der Waals surface area contributed by atoms with Crippen LogP contribution < -0.4 is 10.6 Å². The van der Waals surface area contributed by atoms with Crippen molar-refractivity contribution in [2.45, 2.75) is 51.6 Å². The lowest BCUT2D eigenvalue weighted by atomic mass is 10.1. The largest absolute Gasteiger partial charge is 0.354 e. The van der Waals surface area contributed by atoms with Crippen LogP contribution in [0.4, 0.5) is 5.82 Å². The van der Waals surface area contributed by atoms with Crippen molar-refractivity contribution < 1.29 is 0 Å². The highest BCUT2D eigenvalue weighted by Gasteiger charge is 2.22. The fourth-order valence-corrected chi connectivity index (χ4v) is 2.66. The Balaban J connectivity index is 2.13. The van der Waals surface area contributed by atoms with Gasteiger partial charge < -0.3 is 10.6 Å². The molecule has 1 aliphatic rings. The lowest BCUT2D eigenvalue weighted by Gasteiger charge is -2.28. The summed E-state index contributed by atoms with van der Waals surface area (Å²) in [5.41, 5.74) is 6.95. The van der Waals surface area contributed by atoms with E-state index in [0.717, 1.165) is 17.9 Å². The lowest BCUT2D eigenvalue weighted by molar-refractivity contribution is 0.612. The van der Waals surface area contributed by atoms with Crippen molar-refractivity contribution in [1.29, 1.82) is 0 Å². The van der Waals surface area contributed by atoms with Gasteiger partial charge in [0.05, 0.1) is 0 Å². The van der Waals surface area contributed by atoms with Crippen LogP contribution >= 0.6 is 0 Å². The van der Waals surface area contributed by atoms with E-state index in [1.807, 2.05) is 13.1 Å². The van der Waals surface area contributed by atoms with E-state index in [1.165, 1.54) is 25.7 Å². The predicted octanol–water partition coefficient (Wildman–Crippen LogP) is 2.87. The van der Waals surface area contributed by atoms with Crippen molar-refractivity contribution in [3.8, 4) is 0 Å². The number of rotatable bonds is 4. The molecule has 0 aliphatic heterocycles. The SMILES string of the molecule is CCN(c1ccc([C@@H](C)N)cn1)C1CCCC1. The van der Waals surface area contributed by atoms with Crippen molar-refractivity contribution >= 4 is 5.82 Å². The Morgan fingerprint density at radius 2 is 2.12 bits per heavy atom. The molecule has 1 aromatic heterocycles. The van der Waals surface area contributed by atoms with E-state index in [4.69, 9.17) is 5.73 Å². The van der Waals surface area contributed by atoms with Crippen LogP contribution in [0.3, 0.4) is 0 Å². The number of nitrogens with two attached hydrogens (primary N) is 1. The van der Waals surface area contributed by atoms with Crippen molar-refractivity contribution in [3.05, 3.63) is 23.9 Å². The molecule has 1 aliphatic carbocycles. The Morgan fingerprint density at radius 1 is 1.41 bits per heavy atom. The van der Waals surface area contributed by atoms with Gasteiger partial charge in [-0.2, -0.15) is 0 Å². The first-order valence-corrected chi connectivity index (χ1v) is 6.70. The lowest BCUT2D eigenvalue weighted by Crippen LogP contribution is -2.33. The number of hydrogen-bond acceptors (Lipinski definition) is 3. The molecule has 1 fully saturated rings. The maximum atomic E-state index is 5.84. The van der Waals surface area contributed by atoms with Gasteiger partial charge in [0.25, 0.3) is 0 Å². The Morgan fingerprint density at radius 3 is 2.59 bits per heavy atom. The molecule has 2 rings (SSSR count). The highest BCUT2D eigenvalue weighted by molar-refractivity contribution is 5.41. The van der Waals surface area contributed by atoms with Gasteiger partial charge in [-0.25, -0.2) is 4.98 Å². The zero-order valence-corrected chi connectivity index (χ0v) is 10.9. The molecule has 17 heavy (non-hydrogen) atoms. The summed E-state index contributed by atoms with van der Waals surface area (Å²) in [7, 11) is 0. The van der Waals surface area contributed by atoms with Crippen molar-refractivity contribution in [1.82, 2.24) is 4.98 Å². The van der Waals surface area contributed by atoms with Crippen LogP contribution in [-0.2, 0) is 0 Å². The second kappa shape index (κ2) is 5.50. The molecule has 0 saturated heterocycles. The molecular formula is C14H23N3. The molecule has 3 nitrogen and oxygen atoms in total. The molecule has 0 unspecified atom stereocenters. The zero-order valence-electron chi connectivity index (χ0n) is 10.9. The molecule has 0 spiro atoms. The fraction of sp³-hybridized carbons (Fsp3) is 0.643. The summed E-state index contributed by atoms with van der Waals surface area (Å²) in [5.74, 6) is 1.10. The molecular weight excluding hydrogens is 210 g/mol. The normalized spacial score (nSPS) is 18.3. The average molecular weight is 233 g/mol. The van der Waals surface area contributed by atoms with Crippen LogP contribution in [0.2, 0.25) is 0 Å². The highest BCUT2D eigenvalue weighted by atomic mass is 15.2. The molecule has 1 aromatic rings. The third kappa shape index (κ3) is 2.78. The summed E-state index contributed by atoms with van der Waals surface area (Å²) in [4.78, 5) is 6.99. The smallest absolute Gasteiger partial charge is 0.128 e. The van der Waals surface area contributed by atoms with E-state index in [9.17, 15) is 0 Å². The first-order chi connectivity index (χ1) is 8.22. The second-order valence-electron chi connectivity index (χ2n) is 4.96. The van der Waals surface area contributed by atoms with Gasteiger partial charge in [0, 0.05) is 24.8 Å². The van der Waals surface area contributed by atoms with Gasteiger partial charge in [-0.3, -0.25) is 0 Å². The van der Waals surface area contributed by atoms with Crippen LogP contribution in [0.15, 0.2) is 18.3 Å². The van der Waals surface area contributed by atoms with Gasteiger partial charge in [0.2, 0.25) is 0 Å². The molecule has 0 bridgehead atoms. The summed E-state index contributed by atoms with van der Waals surface area (Å²) in [6.07, 6.45) is 7.25. The van der Waals surface area contributed by atoms with Crippen molar-refractivity contribution in [2.75, 3.05) is 11.4 Å². The number of aromatic nitrogens is 1. The minimum Gasteiger partial charge on any atom is -0.354 e. The molecule has 1 heterocycles. The molecule has 1 atom stereocenters. The van der Waals surface area contributed by atoms with Crippen molar-refractivity contribution in [3.63, 3.8) is 0 Å². The van der Waals surface area contributed by atoms with E-state index in [2.05, 4.69) is 28.9 Å². The first kappa shape index (κ1) is 12.4. The number of hydrogen-bond donors (Lipinski definition) is 1. The van der Waals surface area contributed by atoms with Gasteiger partial charge in [0.1, 0.15) is 5.82 Å². The van der Waals surface area contributed by atoms with E-state index in [1.54, 1.807) is 0 Å². The quantitative estimate of drug-likeness (QED) is 0.869. The summed E-state index contributed by atoms with van der Waals surface area (Å²) < 4.78 is 0. The number of anilines is 1. The van der Waals surface area contributed by atoms with Crippen LogP contribution in [-0.4, -0.2) is 17.6 Å². The van der Waals surface area contributed by atoms with Crippen LogP contribution in [0, 0.1) is 0 Å². The van der Waals surface area contributed by atoms with Crippen LogP contribution in [0.25, 0.3) is 0 Å². The predicted molar refractivity (Wildman–Crippen MR) is 72.1 cm³/mol. The maximum Gasteiger partial charge on any atom is 0.128 e. The molecule has 0 aromatic carbocycles. The van der Waals surface area contributed by atoms with Crippen LogP contribution in [0.1, 0.15) is 51.1 Å². The molecule has 94 valence electrons. The van der Waals surface area contributed by atoms with Gasteiger partial charge in [0.15, 0.2) is 0 Å². The fourth-order valence-electron chi connectivity index (χ4n) is 2.66. The summed E-state index contributed by atoms with van der Waals surface area (Å²) in [6.45, 7) is 5.24. The Bertz CT molecular complexity index is 339. The standard InChI is InChI=1S/C14H23N3/c1-3-17(13-6-4-5-7-13)14-9-8-12(10-16-14)11(2)15/h8-11,13H,3-7,15H2,1-2H3/t11-/m1/s1. The Hall–Kier alpha value is -1.09. The Labute approximate surface area is 104 Å². The highest BCUT2D eigenvalue weighted by Crippen LogP contribution is 2.27. The first-order valence-electron chi connectivity index (χ1n) is 6.70. The summed E-state index contributed by atoms with van der Waals surface area (Å²) >= 11 is 0. The minimum absolute atomic E-state index is 0.0677. The average Bonchev–Trinajstić information content (AvgIpc) is 2.84. The molecule has 0 radical (unpaired) electrons. The molecule has 0 amide bonds. The van der Waals surface area contributed by atoms with Crippen molar-refractivity contribution in [2.24, 2.45) is 5.73 Å². The number of nitrogens with zero attached hydrogens (tertiary/aromatic N) is 2. The monoisotopic (exact) mass is 233 g/mol. The van der Waals surface area contributed by atoms with E-state index in [-0.39, 0.29) is 6.04 Å². The topological polar surface area (TPSA) is 42.1 Å². The molecule has 2 N–H and O–H groups in total. The maximum absolute atomic E-state index is 5.84. The second-order valence-corrected chi connectivity index (χ2v) is 4.96. The molecule has 1 saturated carbocycles. The minimum atomic E-state index is 0.0677. The third-order valence-corrected chi connectivity index (χ3v) is 3.70.